The van der Waals surface area contributed by atoms with Gasteiger partial charge in [0.15, 0.2) is 0 Å². The summed E-state index contributed by atoms with van der Waals surface area (Å²) in [5, 5.41) is 3.31. The highest BCUT2D eigenvalue weighted by Gasteiger charge is 2.40. The Kier molecular flexibility index (Phi) is 2.42. The SMILES string of the molecule is O=C1CC[C@H](N2Cc3c([nH]c4ccccc34)C2=O)C(=O)N1. The van der Waals surface area contributed by atoms with Crippen molar-refractivity contribution >= 4 is 28.6 Å². The second-order valence-corrected chi connectivity index (χ2v) is 5.42. The number of aromatic amines is 1. The maximum Gasteiger partial charge on any atom is 0.271 e. The van der Waals surface area contributed by atoms with Gasteiger partial charge in [-0.25, -0.2) is 0 Å². The van der Waals surface area contributed by atoms with Crippen LogP contribution in [-0.2, 0) is 16.1 Å². The Balaban J connectivity index is 1.70. The highest BCUT2D eigenvalue weighted by molar-refractivity contribution is 6.07. The lowest BCUT2D eigenvalue weighted by molar-refractivity contribution is -0.136. The zero-order valence-electron chi connectivity index (χ0n) is 11.2. The molecule has 0 radical (unpaired) electrons. The van der Waals surface area contributed by atoms with E-state index in [1.807, 2.05) is 24.3 Å². The number of aromatic nitrogens is 1. The first-order chi connectivity index (χ1) is 10.1. The lowest BCUT2D eigenvalue weighted by atomic mass is 10.0. The van der Waals surface area contributed by atoms with Gasteiger partial charge >= 0.3 is 0 Å². The topological polar surface area (TPSA) is 82.3 Å². The van der Waals surface area contributed by atoms with Crippen molar-refractivity contribution in [3.8, 4) is 0 Å². The lowest BCUT2D eigenvalue weighted by Crippen LogP contribution is -2.52. The molecule has 1 saturated heterocycles. The molecule has 1 atom stereocenters. The Morgan fingerprint density at radius 1 is 1.14 bits per heavy atom. The highest BCUT2D eigenvalue weighted by Crippen LogP contribution is 2.32. The first-order valence-electron chi connectivity index (χ1n) is 6.89. The first-order valence-corrected chi connectivity index (χ1v) is 6.89. The Hall–Kier alpha value is -2.63. The van der Waals surface area contributed by atoms with Crippen molar-refractivity contribution in [2.75, 3.05) is 0 Å². The molecule has 4 rings (SSSR count). The molecular weight excluding hydrogens is 270 g/mol. The number of fused-ring (bicyclic) bond motifs is 3. The van der Waals surface area contributed by atoms with Crippen molar-refractivity contribution < 1.29 is 14.4 Å². The van der Waals surface area contributed by atoms with Crippen LogP contribution in [0.1, 0.15) is 28.9 Å². The summed E-state index contributed by atoms with van der Waals surface area (Å²) in [4.78, 5) is 40.4. The monoisotopic (exact) mass is 283 g/mol. The number of carbonyl (C=O) groups excluding carboxylic acids is 3. The number of para-hydroxylation sites is 1. The molecule has 2 aromatic rings. The predicted molar refractivity (Wildman–Crippen MR) is 74.3 cm³/mol. The molecule has 0 unspecified atom stereocenters. The fourth-order valence-corrected chi connectivity index (χ4v) is 3.16. The van der Waals surface area contributed by atoms with Gasteiger partial charge in [-0.15, -0.1) is 0 Å². The molecule has 21 heavy (non-hydrogen) atoms. The van der Waals surface area contributed by atoms with Crippen LogP contribution in [-0.4, -0.2) is 33.6 Å². The van der Waals surface area contributed by atoms with Gasteiger partial charge in [-0.1, -0.05) is 18.2 Å². The minimum atomic E-state index is -0.560. The van der Waals surface area contributed by atoms with Crippen LogP contribution in [0.15, 0.2) is 24.3 Å². The fourth-order valence-electron chi connectivity index (χ4n) is 3.16. The quantitative estimate of drug-likeness (QED) is 0.764. The Labute approximate surface area is 120 Å². The molecule has 106 valence electrons. The molecule has 0 saturated carbocycles. The van der Waals surface area contributed by atoms with Gasteiger partial charge in [-0.05, 0) is 12.5 Å². The largest absolute Gasteiger partial charge is 0.350 e. The second kappa shape index (κ2) is 4.18. The normalized spacial score (nSPS) is 21.8. The van der Waals surface area contributed by atoms with Crippen molar-refractivity contribution in [2.24, 2.45) is 0 Å². The standard InChI is InChI=1S/C15H13N3O3/c19-12-6-5-11(14(20)17-12)18-7-9-8-3-1-2-4-10(8)16-13(9)15(18)21/h1-4,11,16H,5-7H2,(H,17,19,20)/t11-/m0/s1. The van der Waals surface area contributed by atoms with E-state index in [4.69, 9.17) is 0 Å². The molecule has 3 amide bonds. The number of piperidine rings is 1. The molecule has 0 aliphatic carbocycles. The van der Waals surface area contributed by atoms with Gasteiger partial charge in [0.05, 0.1) is 0 Å². The van der Waals surface area contributed by atoms with E-state index in [9.17, 15) is 14.4 Å². The van der Waals surface area contributed by atoms with Gasteiger partial charge in [0.25, 0.3) is 5.91 Å². The van der Waals surface area contributed by atoms with Crippen LogP contribution >= 0.6 is 0 Å². The zero-order valence-corrected chi connectivity index (χ0v) is 11.2. The van der Waals surface area contributed by atoms with E-state index in [0.717, 1.165) is 16.5 Å². The third-order valence-electron chi connectivity index (χ3n) is 4.20. The van der Waals surface area contributed by atoms with E-state index in [0.29, 0.717) is 18.7 Å². The number of nitrogens with one attached hydrogen (secondary N) is 2. The third kappa shape index (κ3) is 1.68. The molecule has 2 aliphatic heterocycles. The first kappa shape index (κ1) is 12.1. The summed E-state index contributed by atoms with van der Waals surface area (Å²) in [6, 6.07) is 7.17. The van der Waals surface area contributed by atoms with Crippen LogP contribution in [0, 0.1) is 0 Å². The average Bonchev–Trinajstić information content (AvgIpc) is 2.97. The number of hydrogen-bond acceptors (Lipinski definition) is 3. The van der Waals surface area contributed by atoms with E-state index in [-0.39, 0.29) is 24.1 Å². The number of nitrogens with zero attached hydrogens (tertiary/aromatic N) is 1. The molecule has 6 nitrogen and oxygen atoms in total. The number of rotatable bonds is 1. The molecular formula is C15H13N3O3. The fraction of sp³-hybridized carbons (Fsp3) is 0.267. The van der Waals surface area contributed by atoms with Gasteiger partial charge in [-0.2, -0.15) is 0 Å². The minimum Gasteiger partial charge on any atom is -0.350 e. The molecule has 1 fully saturated rings. The van der Waals surface area contributed by atoms with Crippen molar-refractivity contribution in [2.45, 2.75) is 25.4 Å². The smallest absolute Gasteiger partial charge is 0.271 e. The predicted octanol–water partition coefficient (Wildman–Crippen LogP) is 0.929. The Morgan fingerprint density at radius 2 is 1.95 bits per heavy atom. The average molecular weight is 283 g/mol. The number of amides is 3. The van der Waals surface area contributed by atoms with Gasteiger partial charge < -0.3 is 9.88 Å². The number of imide groups is 1. The van der Waals surface area contributed by atoms with E-state index in [1.54, 1.807) is 4.90 Å². The van der Waals surface area contributed by atoms with E-state index in [1.165, 1.54) is 0 Å². The molecule has 2 N–H and O–H groups in total. The summed E-state index contributed by atoms with van der Waals surface area (Å²) in [5.74, 6) is -0.823. The zero-order chi connectivity index (χ0) is 14.6. The summed E-state index contributed by atoms with van der Waals surface area (Å²) in [6.45, 7) is 0.407. The number of benzene rings is 1. The Morgan fingerprint density at radius 3 is 2.76 bits per heavy atom. The Bertz CT molecular complexity index is 793. The summed E-state index contributed by atoms with van der Waals surface area (Å²) >= 11 is 0. The maximum atomic E-state index is 12.5. The van der Waals surface area contributed by atoms with Crippen molar-refractivity contribution in [3.05, 3.63) is 35.5 Å². The van der Waals surface area contributed by atoms with Gasteiger partial charge in [0, 0.05) is 29.4 Å². The number of H-pyrrole nitrogens is 1. The summed E-state index contributed by atoms with van der Waals surface area (Å²) in [5.41, 5.74) is 2.42. The summed E-state index contributed by atoms with van der Waals surface area (Å²) in [6.07, 6.45) is 0.660. The number of hydrogen-bond donors (Lipinski definition) is 2. The van der Waals surface area contributed by atoms with Gasteiger partial charge in [-0.3, -0.25) is 19.7 Å². The molecule has 1 aromatic carbocycles. The number of carbonyl (C=O) groups is 3. The van der Waals surface area contributed by atoms with Crippen LogP contribution in [0.3, 0.4) is 0 Å². The van der Waals surface area contributed by atoms with E-state index in [2.05, 4.69) is 10.3 Å². The molecule has 6 heteroatoms. The van der Waals surface area contributed by atoms with Crippen LogP contribution in [0.2, 0.25) is 0 Å². The minimum absolute atomic E-state index is 0.171. The van der Waals surface area contributed by atoms with Crippen molar-refractivity contribution in [3.63, 3.8) is 0 Å². The van der Waals surface area contributed by atoms with Crippen molar-refractivity contribution in [1.29, 1.82) is 0 Å². The molecule has 0 spiro atoms. The van der Waals surface area contributed by atoms with Crippen LogP contribution in [0.4, 0.5) is 0 Å². The van der Waals surface area contributed by atoms with Crippen LogP contribution in [0.5, 0.6) is 0 Å². The van der Waals surface area contributed by atoms with Gasteiger partial charge in [0.2, 0.25) is 11.8 Å². The third-order valence-corrected chi connectivity index (χ3v) is 4.20. The second-order valence-electron chi connectivity index (χ2n) is 5.42. The van der Waals surface area contributed by atoms with Gasteiger partial charge in [0.1, 0.15) is 11.7 Å². The van der Waals surface area contributed by atoms with Crippen LogP contribution in [0.25, 0.3) is 10.9 Å². The highest BCUT2D eigenvalue weighted by atomic mass is 16.2. The van der Waals surface area contributed by atoms with E-state index < -0.39 is 6.04 Å². The molecule has 3 heterocycles. The molecule has 1 aromatic heterocycles. The summed E-state index contributed by atoms with van der Waals surface area (Å²) < 4.78 is 0. The lowest BCUT2D eigenvalue weighted by Gasteiger charge is -2.29. The van der Waals surface area contributed by atoms with E-state index >= 15 is 0 Å². The summed E-state index contributed by atoms with van der Waals surface area (Å²) in [7, 11) is 0. The maximum absolute atomic E-state index is 12.5. The molecule has 2 aliphatic rings. The van der Waals surface area contributed by atoms with Crippen LogP contribution < -0.4 is 5.32 Å². The van der Waals surface area contributed by atoms with Crippen molar-refractivity contribution in [1.82, 2.24) is 15.2 Å². The molecule has 0 bridgehead atoms.